The fourth-order valence-electron chi connectivity index (χ4n) is 4.41. The van der Waals surface area contributed by atoms with Crippen molar-refractivity contribution in [3.63, 3.8) is 0 Å². The van der Waals surface area contributed by atoms with E-state index in [9.17, 15) is 58.4 Å². The first-order valence-electron chi connectivity index (χ1n) is 15.4. The Kier molecular flexibility index (Phi) is 16.6. The van der Waals surface area contributed by atoms with Gasteiger partial charge in [-0.2, -0.15) is 0 Å². The number of nitrogens with one attached hydrogen (secondary N) is 6. The summed E-state index contributed by atoms with van der Waals surface area (Å²) in [5, 5.41) is 39.8. The second-order valence-corrected chi connectivity index (χ2v) is 13.0. The molecule has 0 unspecified atom stereocenters. The smallest absolute Gasteiger partial charge is 0.469 e. The number of hydrogen-bond donors (Lipinski definition) is 12. The zero-order valence-corrected chi connectivity index (χ0v) is 28.5. The molecule has 0 radical (unpaired) electrons. The highest BCUT2D eigenvalue weighted by atomic mass is 31.2. The highest BCUT2D eigenvalue weighted by Gasteiger charge is 2.32. The third-order valence-electron chi connectivity index (χ3n) is 6.96. The number of carboxylic acids is 1. The van der Waals surface area contributed by atoms with Crippen LogP contribution in [-0.2, 0) is 50.7 Å². The Morgan fingerprint density at radius 2 is 1.49 bits per heavy atom. The number of imidazole rings is 1. The molecule has 1 aromatic carbocycles. The number of aliphatic carboxylic acids is 1. The van der Waals surface area contributed by atoms with Crippen LogP contribution in [0.5, 0.6) is 5.75 Å². The Bertz CT molecular complexity index is 1540. The van der Waals surface area contributed by atoms with Gasteiger partial charge in [0, 0.05) is 18.3 Å². The molecule has 5 atom stereocenters. The summed E-state index contributed by atoms with van der Waals surface area (Å²) in [6, 6.07) is -1.51. The van der Waals surface area contributed by atoms with Crippen molar-refractivity contribution in [1.29, 1.82) is 0 Å². The van der Waals surface area contributed by atoms with Gasteiger partial charge in [-0.15, -0.1) is 0 Å². The van der Waals surface area contributed by atoms with E-state index < -0.39 is 93.3 Å². The van der Waals surface area contributed by atoms with Crippen LogP contribution in [0.1, 0.15) is 31.5 Å². The van der Waals surface area contributed by atoms with Gasteiger partial charge >= 0.3 is 13.8 Å². The van der Waals surface area contributed by atoms with Crippen LogP contribution >= 0.6 is 7.82 Å². The van der Waals surface area contributed by atoms with Crippen molar-refractivity contribution in [1.82, 2.24) is 36.6 Å². The molecule has 0 aliphatic carbocycles. The van der Waals surface area contributed by atoms with Crippen molar-refractivity contribution in [3.8, 4) is 5.75 Å². The molecule has 1 heterocycles. The number of amides is 5. The molecule has 21 nitrogen and oxygen atoms in total. The molecule has 0 bridgehead atoms. The molecular formula is C29H43N8O13P. The fourth-order valence-corrected chi connectivity index (χ4v) is 4.75. The number of carbonyl (C=O) groups is 6. The number of phenols is 1. The van der Waals surface area contributed by atoms with Crippen LogP contribution in [0.25, 0.3) is 0 Å². The normalized spacial score (nSPS) is 14.3. The van der Waals surface area contributed by atoms with Gasteiger partial charge in [0.05, 0.1) is 32.1 Å². The lowest BCUT2D eigenvalue weighted by atomic mass is 10.0. The Morgan fingerprint density at radius 1 is 0.882 bits per heavy atom. The van der Waals surface area contributed by atoms with Gasteiger partial charge in [0.25, 0.3) is 0 Å². The van der Waals surface area contributed by atoms with E-state index in [0.717, 1.165) is 0 Å². The van der Waals surface area contributed by atoms with Gasteiger partial charge in [0.15, 0.2) is 0 Å². The van der Waals surface area contributed by atoms with E-state index in [1.807, 2.05) is 0 Å². The molecule has 5 amide bonds. The quantitative estimate of drug-likeness (QED) is 0.0553. The van der Waals surface area contributed by atoms with Crippen LogP contribution in [0.4, 0.5) is 0 Å². The molecule has 0 fully saturated rings. The lowest BCUT2D eigenvalue weighted by Gasteiger charge is -2.25. The summed E-state index contributed by atoms with van der Waals surface area (Å²) >= 11 is 0. The van der Waals surface area contributed by atoms with Crippen LogP contribution in [0.2, 0.25) is 0 Å². The molecule has 282 valence electrons. The summed E-state index contributed by atoms with van der Waals surface area (Å²) in [5.74, 6) is -6.51. The number of rotatable bonds is 21. The third kappa shape index (κ3) is 15.7. The number of phenolic OH excluding ortho intramolecular Hbond substituents is 1. The van der Waals surface area contributed by atoms with Gasteiger partial charge in [-0.25, -0.2) is 14.3 Å². The molecule has 0 spiro atoms. The second-order valence-electron chi connectivity index (χ2n) is 11.7. The first-order valence-corrected chi connectivity index (χ1v) is 16.9. The minimum absolute atomic E-state index is 0.0126. The summed E-state index contributed by atoms with van der Waals surface area (Å²) in [6.07, 6.45) is 2.36. The van der Waals surface area contributed by atoms with Crippen molar-refractivity contribution >= 4 is 43.3 Å². The summed E-state index contributed by atoms with van der Waals surface area (Å²) in [4.78, 5) is 101. The van der Waals surface area contributed by atoms with Gasteiger partial charge in [-0.05, 0) is 36.5 Å². The van der Waals surface area contributed by atoms with Crippen molar-refractivity contribution in [2.75, 3.05) is 19.8 Å². The van der Waals surface area contributed by atoms with Crippen LogP contribution in [0.15, 0.2) is 36.8 Å². The van der Waals surface area contributed by atoms with E-state index in [2.05, 4.69) is 41.1 Å². The number of phosphoric acid groups is 1. The summed E-state index contributed by atoms with van der Waals surface area (Å²) < 4.78 is 15.8. The Hall–Kier alpha value is -4.92. The van der Waals surface area contributed by atoms with Crippen molar-refractivity contribution < 1.29 is 63.0 Å². The van der Waals surface area contributed by atoms with Crippen molar-refractivity contribution in [2.45, 2.75) is 63.3 Å². The molecule has 2 rings (SSSR count). The predicted octanol–water partition coefficient (Wildman–Crippen LogP) is -3.48. The van der Waals surface area contributed by atoms with Crippen LogP contribution < -0.4 is 32.3 Å². The standard InChI is InChI=1S/C29H43N8O13P/c1-15(2)7-21(29(45)46)35-28(44)23(13-50-51(47,48)49)37-27(43)20(9-17-10-31-14-33-17)34-24(40)11-32-26(42)22(12-38)36-25(41)19(30)8-16-3-5-18(39)6-4-16/h3-6,10,14-15,19-23,38-39H,7-9,11-13,30H2,1-2H3,(H,31,33)(H,32,42)(H,34,40)(H,35,44)(H,36,41)(H,37,43)(H,45,46)(H2,47,48,49)/t19-,20-,21-,22-,23-/m0/s1. The number of aromatic amines is 1. The van der Waals surface area contributed by atoms with E-state index in [0.29, 0.717) is 11.3 Å². The monoisotopic (exact) mass is 742 g/mol. The molecule has 51 heavy (non-hydrogen) atoms. The Labute approximate surface area is 291 Å². The minimum atomic E-state index is -5.16. The van der Waals surface area contributed by atoms with Crippen LogP contribution in [0.3, 0.4) is 0 Å². The van der Waals surface area contributed by atoms with Gasteiger partial charge < -0.3 is 62.4 Å². The second kappa shape index (κ2) is 20.1. The molecule has 0 saturated heterocycles. The van der Waals surface area contributed by atoms with E-state index >= 15 is 0 Å². The van der Waals surface area contributed by atoms with E-state index in [4.69, 9.17) is 5.73 Å². The number of aliphatic hydroxyl groups excluding tert-OH is 1. The Morgan fingerprint density at radius 3 is 2.04 bits per heavy atom. The number of H-pyrrole nitrogens is 1. The highest BCUT2D eigenvalue weighted by Crippen LogP contribution is 2.35. The zero-order chi connectivity index (χ0) is 38.3. The summed E-state index contributed by atoms with van der Waals surface area (Å²) in [6.45, 7) is 0.679. The minimum Gasteiger partial charge on any atom is -0.508 e. The highest BCUT2D eigenvalue weighted by molar-refractivity contribution is 7.46. The predicted molar refractivity (Wildman–Crippen MR) is 175 cm³/mol. The average Bonchev–Trinajstić information content (AvgIpc) is 3.57. The van der Waals surface area contributed by atoms with Gasteiger partial charge in [0.1, 0.15) is 29.9 Å². The lowest BCUT2D eigenvalue weighted by Crippen LogP contribution is -2.58. The first-order chi connectivity index (χ1) is 23.9. The van der Waals surface area contributed by atoms with Gasteiger partial charge in [-0.3, -0.25) is 28.5 Å². The Balaban J connectivity index is 2.10. The number of carboxylic acid groups (broad SMARTS) is 1. The number of aromatic nitrogens is 2. The molecule has 1 aromatic heterocycles. The number of aromatic hydroxyl groups is 1. The number of benzene rings is 1. The van der Waals surface area contributed by atoms with Gasteiger partial charge in [-0.1, -0.05) is 26.0 Å². The van der Waals surface area contributed by atoms with E-state index in [-0.39, 0.29) is 30.9 Å². The van der Waals surface area contributed by atoms with Crippen molar-refractivity contribution in [3.05, 3.63) is 48.0 Å². The maximum Gasteiger partial charge on any atom is 0.469 e. The zero-order valence-electron chi connectivity index (χ0n) is 27.6. The molecule has 0 saturated carbocycles. The number of hydrogen-bond acceptors (Lipinski definition) is 12. The topological polar surface area (TPSA) is 345 Å². The first kappa shape index (κ1) is 42.2. The van der Waals surface area contributed by atoms with E-state index in [1.54, 1.807) is 26.0 Å². The fraction of sp³-hybridized carbons (Fsp3) is 0.483. The molecule has 22 heteroatoms. The number of nitrogens with zero attached hydrogens (tertiary/aromatic N) is 1. The summed E-state index contributed by atoms with van der Waals surface area (Å²) in [5.41, 5.74) is 6.84. The van der Waals surface area contributed by atoms with Crippen molar-refractivity contribution in [2.24, 2.45) is 11.7 Å². The largest absolute Gasteiger partial charge is 0.508 e. The number of carbonyl (C=O) groups excluding carboxylic acids is 5. The van der Waals surface area contributed by atoms with Crippen LogP contribution in [-0.4, -0.2) is 121 Å². The molecule has 0 aliphatic rings. The van der Waals surface area contributed by atoms with Gasteiger partial charge in [0.2, 0.25) is 29.5 Å². The average molecular weight is 743 g/mol. The molecular weight excluding hydrogens is 699 g/mol. The maximum absolute atomic E-state index is 13.4. The molecule has 0 aliphatic heterocycles. The lowest BCUT2D eigenvalue weighted by molar-refractivity contribution is -0.143. The summed E-state index contributed by atoms with van der Waals surface area (Å²) in [7, 11) is -5.16. The van der Waals surface area contributed by atoms with Crippen LogP contribution in [0, 0.1) is 5.92 Å². The third-order valence-corrected chi connectivity index (χ3v) is 7.45. The number of aliphatic hydroxyl groups is 1. The molecule has 2 aromatic rings. The number of nitrogens with two attached hydrogens (primary N) is 1. The molecule has 13 N–H and O–H groups in total. The van der Waals surface area contributed by atoms with E-state index in [1.165, 1.54) is 24.7 Å². The number of phosphoric ester groups is 1. The maximum atomic E-state index is 13.4. The SMILES string of the molecule is CC(C)C[C@H](NC(=O)[C@H](COP(=O)(O)O)NC(=O)[C@H](Cc1cnc[nH]1)NC(=O)CNC(=O)[C@H](CO)NC(=O)[C@@H](N)Cc1ccc(O)cc1)C(=O)O.